The number of carbonyl (C=O) groups is 2. The van der Waals surface area contributed by atoms with E-state index >= 15 is 0 Å². The summed E-state index contributed by atoms with van der Waals surface area (Å²) in [5.41, 5.74) is 1.40. The van der Waals surface area contributed by atoms with Gasteiger partial charge in [0.1, 0.15) is 18.8 Å². The number of Topliss-reactive ketones (excluding diaryl/α,β-unsaturated/α-hetero) is 1. The molecule has 1 amide bonds. The predicted octanol–water partition coefficient (Wildman–Crippen LogP) is 0.418. The van der Waals surface area contributed by atoms with E-state index in [2.05, 4.69) is 4.98 Å². The number of likely N-dealkylation sites (tertiary alicyclic amines) is 1. The summed E-state index contributed by atoms with van der Waals surface area (Å²) < 4.78 is 5.39. The van der Waals surface area contributed by atoms with E-state index in [-0.39, 0.29) is 11.3 Å². The Hall–Kier alpha value is -3.03. The van der Waals surface area contributed by atoms with Crippen LogP contribution in [0.3, 0.4) is 0 Å². The lowest BCUT2D eigenvalue weighted by Gasteiger charge is -2.29. The van der Waals surface area contributed by atoms with Crippen molar-refractivity contribution in [3.05, 3.63) is 71.6 Å². The molecular formula is C22H24N3O4+. The summed E-state index contributed by atoms with van der Waals surface area (Å²) in [4.78, 5) is 32.8. The van der Waals surface area contributed by atoms with Crippen LogP contribution in [0.1, 0.15) is 17.2 Å². The molecule has 3 heterocycles. The van der Waals surface area contributed by atoms with Gasteiger partial charge in [0, 0.05) is 18.0 Å². The van der Waals surface area contributed by atoms with Crippen molar-refractivity contribution in [1.29, 1.82) is 0 Å². The van der Waals surface area contributed by atoms with Crippen LogP contribution in [0, 0.1) is 0 Å². The van der Waals surface area contributed by atoms with Gasteiger partial charge in [0.05, 0.1) is 37.9 Å². The van der Waals surface area contributed by atoms with E-state index in [9.17, 15) is 14.7 Å². The Balaban J connectivity index is 1.70. The average molecular weight is 394 g/mol. The van der Waals surface area contributed by atoms with Crippen LogP contribution in [0.5, 0.6) is 0 Å². The highest BCUT2D eigenvalue weighted by atomic mass is 16.5. The quantitative estimate of drug-likeness (QED) is 0.436. The molecular weight excluding hydrogens is 370 g/mol. The van der Waals surface area contributed by atoms with Gasteiger partial charge < -0.3 is 19.6 Å². The second-order valence-electron chi connectivity index (χ2n) is 7.25. The van der Waals surface area contributed by atoms with Gasteiger partial charge >= 0.3 is 0 Å². The maximum absolute atomic E-state index is 12.9. The minimum Gasteiger partial charge on any atom is -0.507 e. The molecule has 29 heavy (non-hydrogen) atoms. The number of hydrogen-bond acceptors (Lipinski definition) is 5. The highest BCUT2D eigenvalue weighted by Crippen LogP contribution is 2.38. The summed E-state index contributed by atoms with van der Waals surface area (Å²) in [5.74, 6) is -1.37. The number of pyridine rings is 1. The van der Waals surface area contributed by atoms with Crippen molar-refractivity contribution in [2.24, 2.45) is 0 Å². The predicted molar refractivity (Wildman–Crippen MR) is 106 cm³/mol. The highest BCUT2D eigenvalue weighted by Gasteiger charge is 2.46. The zero-order valence-electron chi connectivity index (χ0n) is 16.1. The molecule has 4 rings (SSSR count). The van der Waals surface area contributed by atoms with Crippen LogP contribution in [0.2, 0.25) is 0 Å². The highest BCUT2D eigenvalue weighted by molar-refractivity contribution is 6.46. The van der Waals surface area contributed by atoms with Crippen LogP contribution in [0.25, 0.3) is 5.76 Å². The van der Waals surface area contributed by atoms with Crippen molar-refractivity contribution >= 4 is 17.4 Å². The Morgan fingerprint density at radius 3 is 2.48 bits per heavy atom. The summed E-state index contributed by atoms with van der Waals surface area (Å²) in [6, 6.07) is 11.8. The van der Waals surface area contributed by atoms with Crippen LogP contribution in [0.15, 0.2) is 60.4 Å². The van der Waals surface area contributed by atoms with Gasteiger partial charge in [-0.2, -0.15) is 0 Å². The topological polar surface area (TPSA) is 84.2 Å². The number of aliphatic hydroxyl groups is 1. The average Bonchev–Trinajstić information content (AvgIpc) is 3.04. The Morgan fingerprint density at radius 2 is 1.79 bits per heavy atom. The van der Waals surface area contributed by atoms with E-state index in [1.165, 1.54) is 4.90 Å². The fraction of sp³-hybridized carbons (Fsp3) is 0.318. The second-order valence-corrected chi connectivity index (χ2v) is 7.25. The van der Waals surface area contributed by atoms with Gasteiger partial charge in [0.2, 0.25) is 0 Å². The fourth-order valence-electron chi connectivity index (χ4n) is 3.94. The molecule has 0 unspecified atom stereocenters. The molecule has 0 bridgehead atoms. The molecule has 0 aliphatic carbocycles. The summed E-state index contributed by atoms with van der Waals surface area (Å²) in [7, 11) is 0. The van der Waals surface area contributed by atoms with Gasteiger partial charge in [-0.05, 0) is 17.7 Å². The molecule has 1 aromatic heterocycles. The molecule has 2 aliphatic rings. The fourth-order valence-corrected chi connectivity index (χ4v) is 3.94. The van der Waals surface area contributed by atoms with Gasteiger partial charge in [-0.3, -0.25) is 14.6 Å². The lowest BCUT2D eigenvalue weighted by atomic mass is 9.96. The third kappa shape index (κ3) is 3.92. The van der Waals surface area contributed by atoms with Crippen molar-refractivity contribution in [2.75, 3.05) is 39.4 Å². The molecule has 2 N–H and O–H groups in total. The van der Waals surface area contributed by atoms with Crippen molar-refractivity contribution in [1.82, 2.24) is 9.88 Å². The van der Waals surface area contributed by atoms with Crippen molar-refractivity contribution in [3.63, 3.8) is 0 Å². The first-order valence-electron chi connectivity index (χ1n) is 9.82. The SMILES string of the molecule is O=C1C(=O)N(CC[NH+]2CCOCC2)[C@@H](c2ccncc2)C1=C(O)c1ccccc1. The van der Waals surface area contributed by atoms with Gasteiger partial charge in [-0.15, -0.1) is 0 Å². The number of morpholine rings is 1. The Morgan fingerprint density at radius 1 is 1.10 bits per heavy atom. The standard InChI is InChI=1S/C22H23N3O4/c26-20(17-4-2-1-3-5-17)18-19(16-6-8-23-9-7-16)25(22(28)21(18)27)11-10-24-12-14-29-15-13-24/h1-9,19,26H,10-15H2/p+1/t19-/m0/s1. The lowest BCUT2D eigenvalue weighted by Crippen LogP contribution is -3.14. The monoisotopic (exact) mass is 394 g/mol. The van der Waals surface area contributed by atoms with Crippen LogP contribution in [-0.2, 0) is 14.3 Å². The zero-order valence-corrected chi connectivity index (χ0v) is 16.1. The number of quaternary nitrogens is 1. The molecule has 0 saturated carbocycles. The van der Waals surface area contributed by atoms with E-state index < -0.39 is 17.7 Å². The maximum atomic E-state index is 12.9. The number of hydrogen-bond donors (Lipinski definition) is 2. The third-order valence-corrected chi connectivity index (χ3v) is 5.52. The molecule has 0 radical (unpaired) electrons. The first-order chi connectivity index (χ1) is 14.2. The minimum absolute atomic E-state index is 0.129. The molecule has 2 saturated heterocycles. The Labute approximate surface area is 169 Å². The van der Waals surface area contributed by atoms with Gasteiger partial charge in [-0.1, -0.05) is 30.3 Å². The van der Waals surface area contributed by atoms with Crippen LogP contribution >= 0.6 is 0 Å². The first-order valence-corrected chi connectivity index (χ1v) is 9.82. The molecule has 1 aromatic carbocycles. The van der Waals surface area contributed by atoms with Crippen LogP contribution < -0.4 is 4.90 Å². The van der Waals surface area contributed by atoms with Crippen molar-refractivity contribution in [2.45, 2.75) is 6.04 Å². The van der Waals surface area contributed by atoms with Crippen LogP contribution in [-0.4, -0.2) is 66.1 Å². The zero-order chi connectivity index (χ0) is 20.2. The largest absolute Gasteiger partial charge is 0.507 e. The van der Waals surface area contributed by atoms with Gasteiger partial charge in [-0.25, -0.2) is 0 Å². The van der Waals surface area contributed by atoms with E-state index in [0.29, 0.717) is 25.3 Å². The molecule has 7 heteroatoms. The number of ketones is 1. The smallest absolute Gasteiger partial charge is 0.295 e. The molecule has 150 valence electrons. The number of nitrogens with one attached hydrogen (secondary N) is 1. The van der Waals surface area contributed by atoms with Crippen molar-refractivity contribution in [3.8, 4) is 0 Å². The summed E-state index contributed by atoms with van der Waals surface area (Å²) in [6.07, 6.45) is 3.26. The number of benzene rings is 1. The normalized spacial score (nSPS) is 22.2. The summed E-state index contributed by atoms with van der Waals surface area (Å²) >= 11 is 0. The van der Waals surface area contributed by atoms with Crippen molar-refractivity contribution < 1.29 is 24.3 Å². The molecule has 2 aromatic rings. The molecule has 7 nitrogen and oxygen atoms in total. The summed E-state index contributed by atoms with van der Waals surface area (Å²) in [5, 5.41) is 10.9. The lowest BCUT2D eigenvalue weighted by molar-refractivity contribution is -0.907. The van der Waals surface area contributed by atoms with Gasteiger partial charge in [0.15, 0.2) is 0 Å². The molecule has 0 spiro atoms. The summed E-state index contributed by atoms with van der Waals surface area (Å²) in [6.45, 7) is 4.33. The van der Waals surface area contributed by atoms with E-state index in [4.69, 9.17) is 4.74 Å². The number of nitrogens with zero attached hydrogens (tertiary/aromatic N) is 2. The minimum atomic E-state index is -0.648. The van der Waals surface area contributed by atoms with E-state index in [1.54, 1.807) is 53.7 Å². The van der Waals surface area contributed by atoms with E-state index in [1.807, 2.05) is 6.07 Å². The second kappa shape index (κ2) is 8.55. The number of amides is 1. The molecule has 1 atom stereocenters. The maximum Gasteiger partial charge on any atom is 0.295 e. The Bertz CT molecular complexity index is 908. The molecule has 2 aliphatic heterocycles. The van der Waals surface area contributed by atoms with Crippen LogP contribution in [0.4, 0.5) is 0 Å². The number of carbonyl (C=O) groups excluding carboxylic acids is 2. The number of aromatic nitrogens is 1. The Kier molecular flexibility index (Phi) is 5.69. The molecule has 2 fully saturated rings. The van der Waals surface area contributed by atoms with E-state index in [0.717, 1.165) is 25.2 Å². The number of aliphatic hydroxyl groups excluding tert-OH is 1. The first kappa shape index (κ1) is 19.3. The number of rotatable bonds is 5. The number of ether oxygens (including phenoxy) is 1. The van der Waals surface area contributed by atoms with Gasteiger partial charge in [0.25, 0.3) is 11.7 Å². The third-order valence-electron chi connectivity index (χ3n) is 5.52.